The zero-order valence-electron chi connectivity index (χ0n) is 15.1. The number of nitro groups is 1. The molecule has 3 rings (SSSR count). The van der Waals surface area contributed by atoms with Crippen molar-refractivity contribution in [3.63, 3.8) is 0 Å². The summed E-state index contributed by atoms with van der Waals surface area (Å²) in [4.78, 5) is 28.1. The highest BCUT2D eigenvalue weighted by atomic mass is 32.2. The molecule has 6 nitrogen and oxygen atoms in total. The molecule has 0 saturated heterocycles. The van der Waals surface area contributed by atoms with Crippen molar-refractivity contribution < 1.29 is 14.1 Å². The van der Waals surface area contributed by atoms with E-state index in [-0.39, 0.29) is 16.9 Å². The van der Waals surface area contributed by atoms with Crippen LogP contribution in [0.5, 0.6) is 0 Å². The minimum atomic E-state index is -0.758. The first kappa shape index (κ1) is 19.5. The molecular weight excluding hydrogens is 381 g/mol. The van der Waals surface area contributed by atoms with Gasteiger partial charge in [0.1, 0.15) is 10.8 Å². The number of benzene rings is 2. The molecule has 0 aliphatic carbocycles. The van der Waals surface area contributed by atoms with Crippen LogP contribution >= 0.6 is 11.8 Å². The van der Waals surface area contributed by atoms with E-state index < -0.39 is 16.6 Å². The number of amides is 1. The topological polar surface area (TPSA) is 85.1 Å². The van der Waals surface area contributed by atoms with Gasteiger partial charge in [0.15, 0.2) is 0 Å². The maximum atomic E-state index is 14.0. The van der Waals surface area contributed by atoms with Gasteiger partial charge in [-0.25, -0.2) is 9.37 Å². The number of carbonyl (C=O) groups is 1. The van der Waals surface area contributed by atoms with E-state index in [4.69, 9.17) is 0 Å². The van der Waals surface area contributed by atoms with Crippen molar-refractivity contribution in [3.8, 4) is 0 Å². The number of nitrogens with one attached hydrogen (secondary N) is 1. The van der Waals surface area contributed by atoms with E-state index in [1.165, 1.54) is 11.8 Å². The zero-order chi connectivity index (χ0) is 20.3. The molecular formula is C20H16FN3O3S. The molecule has 0 atom stereocenters. The van der Waals surface area contributed by atoms with Crippen LogP contribution in [0.3, 0.4) is 0 Å². The Morgan fingerprint density at radius 3 is 2.64 bits per heavy atom. The number of hydrogen-bond acceptors (Lipinski definition) is 5. The minimum absolute atomic E-state index is 0.247. The van der Waals surface area contributed by atoms with Gasteiger partial charge in [-0.05, 0) is 55.3 Å². The number of anilines is 1. The van der Waals surface area contributed by atoms with Crippen LogP contribution in [0.25, 0.3) is 0 Å². The van der Waals surface area contributed by atoms with Crippen LogP contribution in [0.1, 0.15) is 21.5 Å². The third-order valence-corrected chi connectivity index (χ3v) is 5.13. The van der Waals surface area contributed by atoms with Crippen LogP contribution in [-0.2, 0) is 0 Å². The van der Waals surface area contributed by atoms with Gasteiger partial charge in [-0.1, -0.05) is 17.8 Å². The number of pyridine rings is 1. The second-order valence-electron chi connectivity index (χ2n) is 6.08. The maximum Gasteiger partial charge on any atom is 0.271 e. The van der Waals surface area contributed by atoms with Crippen molar-refractivity contribution in [2.45, 2.75) is 23.8 Å². The molecule has 3 aromatic rings. The lowest BCUT2D eigenvalue weighted by Crippen LogP contribution is -2.14. The van der Waals surface area contributed by atoms with Crippen molar-refractivity contribution >= 4 is 29.0 Å². The van der Waals surface area contributed by atoms with E-state index in [1.807, 2.05) is 32.0 Å². The fraction of sp³-hybridized carbons (Fsp3) is 0.100. The fourth-order valence-electron chi connectivity index (χ4n) is 2.45. The second-order valence-corrected chi connectivity index (χ2v) is 7.14. The lowest BCUT2D eigenvalue weighted by molar-refractivity contribution is -0.384. The molecule has 0 fully saturated rings. The summed E-state index contributed by atoms with van der Waals surface area (Å²) in [5.41, 5.74) is 1.95. The summed E-state index contributed by atoms with van der Waals surface area (Å²) < 4.78 is 14.0. The summed E-state index contributed by atoms with van der Waals surface area (Å²) in [6.07, 6.45) is 1.56. The predicted octanol–water partition coefficient (Wildman–Crippen LogP) is 5.15. The molecule has 0 aliphatic rings. The summed E-state index contributed by atoms with van der Waals surface area (Å²) in [5, 5.41) is 13.7. The monoisotopic (exact) mass is 397 g/mol. The largest absolute Gasteiger partial charge is 0.319 e. The van der Waals surface area contributed by atoms with E-state index in [9.17, 15) is 19.3 Å². The summed E-state index contributed by atoms with van der Waals surface area (Å²) in [6.45, 7) is 4.01. The average molecular weight is 397 g/mol. The molecule has 0 spiro atoms. The van der Waals surface area contributed by atoms with Gasteiger partial charge in [-0.15, -0.1) is 0 Å². The van der Waals surface area contributed by atoms with Crippen molar-refractivity contribution in [1.29, 1.82) is 0 Å². The molecule has 0 aliphatic heterocycles. The maximum absolute atomic E-state index is 14.0. The number of carbonyl (C=O) groups excluding carboxylic acids is 1. The van der Waals surface area contributed by atoms with Crippen LogP contribution in [-0.4, -0.2) is 15.8 Å². The summed E-state index contributed by atoms with van der Waals surface area (Å²) in [6, 6.07) is 12.1. The number of nitro benzene ring substituents is 1. The first-order valence-corrected chi connectivity index (χ1v) is 9.12. The van der Waals surface area contributed by atoms with Crippen LogP contribution in [0.4, 0.5) is 15.8 Å². The van der Waals surface area contributed by atoms with Crippen LogP contribution < -0.4 is 5.32 Å². The van der Waals surface area contributed by atoms with Gasteiger partial charge in [0.25, 0.3) is 11.6 Å². The molecule has 0 saturated carbocycles. The molecule has 1 heterocycles. The molecule has 28 heavy (non-hydrogen) atoms. The van der Waals surface area contributed by atoms with E-state index in [0.717, 1.165) is 34.2 Å². The Morgan fingerprint density at radius 1 is 1.14 bits per heavy atom. The normalized spacial score (nSPS) is 10.5. The first-order chi connectivity index (χ1) is 13.3. The van der Waals surface area contributed by atoms with Crippen LogP contribution in [0.2, 0.25) is 0 Å². The van der Waals surface area contributed by atoms with E-state index >= 15 is 0 Å². The van der Waals surface area contributed by atoms with E-state index in [0.29, 0.717) is 5.03 Å². The average Bonchev–Trinajstić information content (AvgIpc) is 2.66. The lowest BCUT2D eigenvalue weighted by Gasteiger charge is -2.10. The Labute approximate surface area is 165 Å². The molecule has 142 valence electrons. The van der Waals surface area contributed by atoms with Gasteiger partial charge >= 0.3 is 0 Å². The van der Waals surface area contributed by atoms with Gasteiger partial charge in [0, 0.05) is 23.2 Å². The molecule has 2 aromatic carbocycles. The molecule has 1 N–H and O–H groups in total. The van der Waals surface area contributed by atoms with Gasteiger partial charge < -0.3 is 5.32 Å². The number of rotatable bonds is 5. The number of aromatic nitrogens is 1. The molecule has 0 bridgehead atoms. The number of halogens is 1. The highest BCUT2D eigenvalue weighted by Gasteiger charge is 2.17. The van der Waals surface area contributed by atoms with Crippen LogP contribution in [0, 0.1) is 29.8 Å². The Morgan fingerprint density at radius 2 is 1.93 bits per heavy atom. The molecule has 1 amide bonds. The van der Waals surface area contributed by atoms with Crippen molar-refractivity contribution in [2.24, 2.45) is 0 Å². The predicted molar refractivity (Wildman–Crippen MR) is 105 cm³/mol. The minimum Gasteiger partial charge on any atom is -0.319 e. The summed E-state index contributed by atoms with van der Waals surface area (Å²) >= 11 is 1.31. The highest BCUT2D eigenvalue weighted by Crippen LogP contribution is 2.31. The number of hydrogen-bond donors (Lipinski definition) is 1. The third-order valence-electron chi connectivity index (χ3n) is 4.12. The Balaban J connectivity index is 1.88. The third kappa shape index (κ3) is 4.34. The zero-order valence-corrected chi connectivity index (χ0v) is 15.9. The molecule has 0 unspecified atom stereocenters. The number of nitrogens with zero attached hydrogens (tertiary/aromatic N) is 2. The standard InChI is InChI=1S/C20H16FN3O3S/c1-12-5-7-15(10-13(12)2)28-20-16(4-3-9-22-20)19(25)23-18-11-14(24(26)27)6-8-17(18)21/h3-11H,1-2H3,(H,23,25). The smallest absolute Gasteiger partial charge is 0.271 e. The number of non-ortho nitro benzene ring substituents is 1. The SMILES string of the molecule is Cc1ccc(Sc2ncccc2C(=O)Nc2cc([N+](=O)[O-])ccc2F)cc1C. The van der Waals surface area contributed by atoms with Gasteiger partial charge in [-0.3, -0.25) is 14.9 Å². The van der Waals surface area contributed by atoms with Gasteiger partial charge in [0.05, 0.1) is 16.2 Å². The summed E-state index contributed by atoms with van der Waals surface area (Å²) in [5.74, 6) is -1.36. The van der Waals surface area contributed by atoms with Gasteiger partial charge in [-0.2, -0.15) is 0 Å². The van der Waals surface area contributed by atoms with Crippen molar-refractivity contribution in [1.82, 2.24) is 4.98 Å². The Kier molecular flexibility index (Phi) is 5.70. The first-order valence-electron chi connectivity index (χ1n) is 8.30. The van der Waals surface area contributed by atoms with Crippen molar-refractivity contribution in [3.05, 3.63) is 87.3 Å². The van der Waals surface area contributed by atoms with Crippen molar-refractivity contribution in [2.75, 3.05) is 5.32 Å². The number of aryl methyl sites for hydroxylation is 2. The van der Waals surface area contributed by atoms with E-state index in [2.05, 4.69) is 10.3 Å². The van der Waals surface area contributed by atoms with Crippen LogP contribution in [0.15, 0.2) is 64.6 Å². The van der Waals surface area contributed by atoms with E-state index in [1.54, 1.807) is 18.3 Å². The Hall–Kier alpha value is -3.26. The highest BCUT2D eigenvalue weighted by molar-refractivity contribution is 7.99. The Bertz CT molecular complexity index is 1070. The van der Waals surface area contributed by atoms with Gasteiger partial charge in [0.2, 0.25) is 0 Å². The molecule has 1 aromatic heterocycles. The lowest BCUT2D eigenvalue weighted by atomic mass is 10.1. The summed E-state index contributed by atoms with van der Waals surface area (Å²) in [7, 11) is 0. The molecule has 8 heteroatoms. The molecule has 0 radical (unpaired) electrons. The quantitative estimate of drug-likeness (QED) is 0.475. The second kappa shape index (κ2) is 8.18. The fourth-order valence-corrected chi connectivity index (χ4v) is 3.43.